The van der Waals surface area contributed by atoms with Crippen LogP contribution < -0.4 is 0 Å². The zero-order chi connectivity index (χ0) is 22.8. The molecule has 2 aliphatic carbocycles. The SMILES string of the molecule is N#C/C=C/CC[C@H]1CC[C@H](CCCC[C@H]2CC[C@H](c3ccc(C(F)(F)F)cc3)CC2)CC1. The molecule has 0 aromatic heterocycles. The molecule has 0 aliphatic heterocycles. The maximum atomic E-state index is 12.8. The number of benzene rings is 1. The van der Waals surface area contributed by atoms with E-state index in [4.69, 9.17) is 5.26 Å². The van der Waals surface area contributed by atoms with E-state index >= 15 is 0 Å². The van der Waals surface area contributed by atoms with Gasteiger partial charge in [0.05, 0.1) is 11.6 Å². The zero-order valence-electron chi connectivity index (χ0n) is 19.3. The fraction of sp³-hybridized carbons (Fsp3) is 0.679. The van der Waals surface area contributed by atoms with Gasteiger partial charge in [-0.05, 0) is 79.9 Å². The third-order valence-electron chi connectivity index (χ3n) is 7.93. The van der Waals surface area contributed by atoms with Gasteiger partial charge in [-0.3, -0.25) is 0 Å². The van der Waals surface area contributed by atoms with Crippen molar-refractivity contribution in [3.05, 3.63) is 47.5 Å². The summed E-state index contributed by atoms with van der Waals surface area (Å²) in [6, 6.07) is 7.91. The van der Waals surface area contributed by atoms with Gasteiger partial charge in [0.1, 0.15) is 0 Å². The van der Waals surface area contributed by atoms with Crippen molar-refractivity contribution in [3.8, 4) is 6.07 Å². The molecule has 2 saturated carbocycles. The van der Waals surface area contributed by atoms with Crippen molar-refractivity contribution in [2.45, 2.75) is 102 Å². The van der Waals surface area contributed by atoms with Crippen LogP contribution in [0.3, 0.4) is 0 Å². The first-order valence-corrected chi connectivity index (χ1v) is 12.7. The van der Waals surface area contributed by atoms with Crippen LogP contribution in [0.2, 0.25) is 0 Å². The highest BCUT2D eigenvalue weighted by Gasteiger charge is 2.30. The molecule has 0 spiro atoms. The number of hydrogen-bond acceptors (Lipinski definition) is 1. The van der Waals surface area contributed by atoms with E-state index in [1.807, 2.05) is 6.08 Å². The Kier molecular flexibility index (Phi) is 9.69. The molecule has 0 atom stereocenters. The van der Waals surface area contributed by atoms with Gasteiger partial charge < -0.3 is 0 Å². The smallest absolute Gasteiger partial charge is 0.193 e. The molecule has 0 heterocycles. The number of nitriles is 1. The Bertz CT molecular complexity index is 727. The molecule has 4 heteroatoms. The number of rotatable bonds is 9. The number of alkyl halides is 3. The van der Waals surface area contributed by atoms with E-state index in [-0.39, 0.29) is 0 Å². The Hall–Kier alpha value is -1.76. The van der Waals surface area contributed by atoms with Gasteiger partial charge in [0.25, 0.3) is 0 Å². The number of unbranched alkanes of at least 4 members (excludes halogenated alkanes) is 1. The molecule has 0 amide bonds. The first-order valence-electron chi connectivity index (χ1n) is 12.7. The van der Waals surface area contributed by atoms with Crippen molar-refractivity contribution >= 4 is 0 Å². The topological polar surface area (TPSA) is 23.8 Å². The molecule has 0 saturated heterocycles. The third kappa shape index (κ3) is 7.98. The Morgan fingerprint density at radius 3 is 1.78 bits per heavy atom. The van der Waals surface area contributed by atoms with Crippen molar-refractivity contribution < 1.29 is 13.2 Å². The van der Waals surface area contributed by atoms with Gasteiger partial charge >= 0.3 is 6.18 Å². The summed E-state index contributed by atoms with van der Waals surface area (Å²) in [6.45, 7) is 0. The van der Waals surface area contributed by atoms with Crippen LogP contribution in [0.15, 0.2) is 36.4 Å². The second kappa shape index (κ2) is 12.5. The van der Waals surface area contributed by atoms with Crippen molar-refractivity contribution in [1.29, 1.82) is 5.26 Å². The monoisotopic (exact) mass is 445 g/mol. The molecule has 1 nitrogen and oxygen atoms in total. The number of allylic oxidation sites excluding steroid dienone is 2. The summed E-state index contributed by atoms with van der Waals surface area (Å²) in [5, 5.41) is 8.55. The van der Waals surface area contributed by atoms with E-state index in [1.54, 1.807) is 18.2 Å². The predicted molar refractivity (Wildman–Crippen MR) is 124 cm³/mol. The van der Waals surface area contributed by atoms with Gasteiger partial charge in [-0.2, -0.15) is 18.4 Å². The van der Waals surface area contributed by atoms with Crippen molar-refractivity contribution in [3.63, 3.8) is 0 Å². The minimum absolute atomic E-state index is 0.430. The summed E-state index contributed by atoms with van der Waals surface area (Å²) in [6.07, 6.45) is 17.2. The maximum absolute atomic E-state index is 12.8. The molecule has 1 aromatic carbocycles. The Morgan fingerprint density at radius 2 is 1.28 bits per heavy atom. The van der Waals surface area contributed by atoms with E-state index in [1.165, 1.54) is 82.8 Å². The van der Waals surface area contributed by atoms with Gasteiger partial charge in [-0.1, -0.05) is 69.6 Å². The van der Waals surface area contributed by atoms with Gasteiger partial charge in [-0.25, -0.2) is 0 Å². The molecule has 0 radical (unpaired) electrons. The standard InChI is InChI=1S/C28H38F3N/c29-28(30,31)27-19-17-26(18-20-27)25-15-13-24(14-16-25)8-4-3-7-23-11-9-22(10-12-23)6-2-1-5-21-32/h1,5,17-20,22-25H,2-4,6-16H2/b5-1+/t22-,23-,24-,25-. The lowest BCUT2D eigenvalue weighted by molar-refractivity contribution is -0.137. The van der Waals surface area contributed by atoms with Crippen LogP contribution in [0.25, 0.3) is 0 Å². The fourth-order valence-electron chi connectivity index (χ4n) is 5.87. The largest absolute Gasteiger partial charge is 0.416 e. The van der Waals surface area contributed by atoms with Gasteiger partial charge in [0.2, 0.25) is 0 Å². The van der Waals surface area contributed by atoms with E-state index in [9.17, 15) is 13.2 Å². The van der Waals surface area contributed by atoms with Crippen LogP contribution in [0.5, 0.6) is 0 Å². The highest BCUT2D eigenvalue weighted by molar-refractivity contribution is 5.27. The average Bonchev–Trinajstić information content (AvgIpc) is 2.80. The lowest BCUT2D eigenvalue weighted by atomic mass is 9.76. The van der Waals surface area contributed by atoms with Crippen LogP contribution in [0.4, 0.5) is 13.2 Å². The first-order chi connectivity index (χ1) is 15.5. The summed E-state index contributed by atoms with van der Waals surface area (Å²) in [5.41, 5.74) is 0.532. The number of nitrogens with zero attached hydrogens (tertiary/aromatic N) is 1. The second-order valence-electron chi connectivity index (χ2n) is 10.1. The van der Waals surface area contributed by atoms with Crippen molar-refractivity contribution in [2.75, 3.05) is 0 Å². The molecule has 1 aromatic rings. The van der Waals surface area contributed by atoms with Crippen LogP contribution in [0, 0.1) is 29.1 Å². The van der Waals surface area contributed by atoms with Crippen LogP contribution >= 0.6 is 0 Å². The Balaban J connectivity index is 1.26. The molecule has 2 fully saturated rings. The highest BCUT2D eigenvalue weighted by atomic mass is 19.4. The van der Waals surface area contributed by atoms with Gasteiger partial charge in [0, 0.05) is 6.08 Å². The highest BCUT2D eigenvalue weighted by Crippen LogP contribution is 2.39. The van der Waals surface area contributed by atoms with Crippen molar-refractivity contribution in [2.24, 2.45) is 17.8 Å². The second-order valence-corrected chi connectivity index (χ2v) is 10.1. The summed E-state index contributed by atoms with van der Waals surface area (Å²) in [7, 11) is 0. The first kappa shape index (κ1) is 24.9. The number of hydrogen-bond donors (Lipinski definition) is 0. The molecular weight excluding hydrogens is 407 g/mol. The molecule has 0 N–H and O–H groups in total. The molecule has 32 heavy (non-hydrogen) atoms. The van der Waals surface area contributed by atoms with Gasteiger partial charge in [0.15, 0.2) is 0 Å². The van der Waals surface area contributed by atoms with Crippen LogP contribution in [-0.2, 0) is 6.18 Å². The van der Waals surface area contributed by atoms with Crippen LogP contribution in [-0.4, -0.2) is 0 Å². The lowest BCUT2D eigenvalue weighted by Crippen LogP contribution is -2.15. The van der Waals surface area contributed by atoms with E-state index in [0.29, 0.717) is 5.92 Å². The molecular formula is C28H38F3N. The van der Waals surface area contributed by atoms with Gasteiger partial charge in [-0.15, -0.1) is 0 Å². The van der Waals surface area contributed by atoms with Crippen LogP contribution in [0.1, 0.15) is 107 Å². The summed E-state index contributed by atoms with van der Waals surface area (Å²) in [5.74, 6) is 3.00. The molecule has 176 valence electrons. The van der Waals surface area contributed by atoms with E-state index < -0.39 is 11.7 Å². The molecule has 3 rings (SSSR count). The summed E-state index contributed by atoms with van der Waals surface area (Å²) >= 11 is 0. The van der Waals surface area contributed by atoms with E-state index in [0.717, 1.165) is 42.6 Å². The lowest BCUT2D eigenvalue weighted by Gasteiger charge is -2.30. The summed E-state index contributed by atoms with van der Waals surface area (Å²) in [4.78, 5) is 0. The van der Waals surface area contributed by atoms with E-state index in [2.05, 4.69) is 6.07 Å². The minimum Gasteiger partial charge on any atom is -0.193 e. The molecule has 0 unspecified atom stereocenters. The Labute approximate surface area is 192 Å². The number of halogens is 3. The Morgan fingerprint density at radius 1 is 0.781 bits per heavy atom. The maximum Gasteiger partial charge on any atom is 0.416 e. The predicted octanol–water partition coefficient (Wildman–Crippen LogP) is 9.21. The molecule has 0 bridgehead atoms. The third-order valence-corrected chi connectivity index (χ3v) is 7.93. The van der Waals surface area contributed by atoms with Crippen molar-refractivity contribution in [1.82, 2.24) is 0 Å². The fourth-order valence-corrected chi connectivity index (χ4v) is 5.87. The minimum atomic E-state index is -4.24. The average molecular weight is 446 g/mol. The summed E-state index contributed by atoms with van der Waals surface area (Å²) < 4.78 is 38.3. The zero-order valence-corrected chi connectivity index (χ0v) is 19.3. The quantitative estimate of drug-likeness (QED) is 0.274. The normalized spacial score (nSPS) is 26.8. The molecule has 2 aliphatic rings.